The summed E-state index contributed by atoms with van der Waals surface area (Å²) in [5.41, 5.74) is 2.37. The predicted molar refractivity (Wildman–Crippen MR) is 129 cm³/mol. The van der Waals surface area contributed by atoms with Gasteiger partial charge in [0, 0.05) is 12.2 Å². The van der Waals surface area contributed by atoms with Gasteiger partial charge in [0.25, 0.3) is 0 Å². The average Bonchev–Trinajstić information content (AvgIpc) is 3.30. The van der Waals surface area contributed by atoms with E-state index in [-0.39, 0.29) is 19.0 Å². The standard InChI is InChI=1S/C26H34O11/c1-33-17-6-5-14(10-18(17)35-26-23(32)22(31)21(30)20(12-29)36-26)24-16(11-28)15-8-13(4-3-7-27)9-19(34-2)25(15)37-24/h5-6,8-10,16,20-24,26-32H,3-4,7,11-12H2,1-2H3/t16-,20+,21-,22-,23+,24-,26-/m1/s1. The van der Waals surface area contributed by atoms with Crippen LogP contribution in [0.5, 0.6) is 23.0 Å². The minimum absolute atomic E-state index is 0.0605. The summed E-state index contributed by atoms with van der Waals surface area (Å²) < 4.78 is 28.5. The number of aliphatic hydroxyl groups excluding tert-OH is 6. The van der Waals surface area contributed by atoms with Crippen LogP contribution < -0.4 is 18.9 Å². The van der Waals surface area contributed by atoms with Crippen molar-refractivity contribution >= 4 is 0 Å². The van der Waals surface area contributed by atoms with Crippen LogP contribution >= 0.6 is 0 Å². The fourth-order valence-electron chi connectivity index (χ4n) is 4.78. The van der Waals surface area contributed by atoms with Gasteiger partial charge in [-0.2, -0.15) is 0 Å². The normalized spacial score (nSPS) is 28.9. The first-order valence-corrected chi connectivity index (χ1v) is 12.1. The van der Waals surface area contributed by atoms with Crippen molar-refractivity contribution in [3.05, 3.63) is 47.0 Å². The highest BCUT2D eigenvalue weighted by Gasteiger charge is 2.45. The summed E-state index contributed by atoms with van der Waals surface area (Å²) in [5.74, 6) is 1.09. The predicted octanol–water partition coefficient (Wildman–Crippen LogP) is 0.0170. The summed E-state index contributed by atoms with van der Waals surface area (Å²) in [7, 11) is 2.97. The Bertz CT molecular complexity index is 1060. The summed E-state index contributed by atoms with van der Waals surface area (Å²) in [6.45, 7) is -0.735. The molecular weight excluding hydrogens is 488 g/mol. The zero-order chi connectivity index (χ0) is 26.7. The number of fused-ring (bicyclic) bond motifs is 1. The molecule has 0 aliphatic carbocycles. The van der Waals surface area contributed by atoms with Crippen LogP contribution in [-0.2, 0) is 11.2 Å². The summed E-state index contributed by atoms with van der Waals surface area (Å²) >= 11 is 0. The van der Waals surface area contributed by atoms with Crippen molar-refractivity contribution in [2.45, 2.75) is 55.6 Å². The minimum Gasteiger partial charge on any atom is -0.493 e. The molecule has 0 aromatic heterocycles. The molecule has 11 heteroatoms. The molecule has 0 unspecified atom stereocenters. The summed E-state index contributed by atoms with van der Waals surface area (Å²) in [6, 6.07) is 8.83. The molecule has 0 saturated carbocycles. The van der Waals surface area contributed by atoms with E-state index in [1.807, 2.05) is 12.1 Å². The number of hydrogen-bond acceptors (Lipinski definition) is 11. The number of rotatable bonds is 10. The maximum absolute atomic E-state index is 10.4. The fourth-order valence-corrected chi connectivity index (χ4v) is 4.78. The Balaban J connectivity index is 1.64. The Labute approximate surface area is 214 Å². The van der Waals surface area contributed by atoms with E-state index in [1.54, 1.807) is 18.2 Å². The van der Waals surface area contributed by atoms with Gasteiger partial charge in [0.1, 0.15) is 30.5 Å². The van der Waals surface area contributed by atoms with Gasteiger partial charge in [0.2, 0.25) is 6.29 Å². The molecule has 2 aliphatic rings. The van der Waals surface area contributed by atoms with E-state index < -0.39 is 49.3 Å². The molecule has 0 amide bonds. The van der Waals surface area contributed by atoms with Crippen LogP contribution in [0.25, 0.3) is 0 Å². The summed E-state index contributed by atoms with van der Waals surface area (Å²) in [5, 5.41) is 59.6. The van der Waals surface area contributed by atoms with Gasteiger partial charge < -0.3 is 54.3 Å². The Morgan fingerprint density at radius 2 is 1.59 bits per heavy atom. The number of aryl methyl sites for hydroxylation is 1. The second kappa shape index (κ2) is 11.8. The van der Waals surface area contributed by atoms with Crippen molar-refractivity contribution in [2.75, 3.05) is 34.0 Å². The van der Waals surface area contributed by atoms with E-state index in [2.05, 4.69) is 0 Å². The Morgan fingerprint density at radius 3 is 2.24 bits per heavy atom. The second-order valence-corrected chi connectivity index (χ2v) is 9.10. The quantitative estimate of drug-likeness (QED) is 0.249. The topological polar surface area (TPSA) is 168 Å². The first-order valence-electron chi connectivity index (χ1n) is 12.1. The number of methoxy groups -OCH3 is 2. The Hall–Kier alpha value is -2.64. The molecule has 1 saturated heterocycles. The largest absolute Gasteiger partial charge is 0.493 e. The molecule has 6 N–H and O–H groups in total. The molecule has 2 aromatic rings. The van der Waals surface area contributed by atoms with E-state index in [0.29, 0.717) is 35.7 Å². The van der Waals surface area contributed by atoms with E-state index in [0.717, 1.165) is 11.1 Å². The van der Waals surface area contributed by atoms with Crippen molar-refractivity contribution in [1.82, 2.24) is 0 Å². The molecule has 0 radical (unpaired) electrons. The van der Waals surface area contributed by atoms with Crippen LogP contribution in [0.15, 0.2) is 30.3 Å². The molecule has 0 bridgehead atoms. The van der Waals surface area contributed by atoms with Gasteiger partial charge in [0.05, 0.1) is 33.4 Å². The summed E-state index contributed by atoms with van der Waals surface area (Å²) in [4.78, 5) is 0. The molecule has 11 nitrogen and oxygen atoms in total. The smallest absolute Gasteiger partial charge is 0.229 e. The number of benzene rings is 2. The van der Waals surface area contributed by atoms with Crippen LogP contribution in [0.1, 0.15) is 35.1 Å². The first kappa shape index (κ1) is 27.4. The van der Waals surface area contributed by atoms with E-state index in [1.165, 1.54) is 14.2 Å². The van der Waals surface area contributed by atoms with Gasteiger partial charge in [-0.1, -0.05) is 12.1 Å². The van der Waals surface area contributed by atoms with Crippen molar-refractivity contribution in [2.24, 2.45) is 0 Å². The first-order chi connectivity index (χ1) is 17.9. The molecule has 37 heavy (non-hydrogen) atoms. The van der Waals surface area contributed by atoms with Gasteiger partial charge in [-0.3, -0.25) is 0 Å². The lowest BCUT2D eigenvalue weighted by Gasteiger charge is -2.39. The zero-order valence-corrected chi connectivity index (χ0v) is 20.7. The zero-order valence-electron chi connectivity index (χ0n) is 20.7. The number of ether oxygens (including phenoxy) is 5. The second-order valence-electron chi connectivity index (χ2n) is 9.10. The number of aliphatic hydroxyl groups is 6. The summed E-state index contributed by atoms with van der Waals surface area (Å²) in [6.07, 6.45) is -6.60. The fraction of sp³-hybridized carbons (Fsp3) is 0.538. The molecular formula is C26H34O11. The third-order valence-corrected chi connectivity index (χ3v) is 6.80. The average molecular weight is 523 g/mol. The highest BCUT2D eigenvalue weighted by atomic mass is 16.7. The maximum Gasteiger partial charge on any atom is 0.229 e. The van der Waals surface area contributed by atoms with Crippen LogP contribution in [0.2, 0.25) is 0 Å². The highest BCUT2D eigenvalue weighted by Crippen LogP contribution is 2.51. The highest BCUT2D eigenvalue weighted by molar-refractivity contribution is 5.56. The van der Waals surface area contributed by atoms with Crippen LogP contribution in [-0.4, -0.2) is 95.4 Å². The van der Waals surface area contributed by atoms with Crippen LogP contribution in [0.4, 0.5) is 0 Å². The van der Waals surface area contributed by atoms with Crippen molar-refractivity contribution < 1.29 is 54.3 Å². The van der Waals surface area contributed by atoms with E-state index in [9.17, 15) is 30.6 Å². The van der Waals surface area contributed by atoms with Crippen LogP contribution in [0, 0.1) is 0 Å². The molecule has 204 valence electrons. The molecule has 2 aromatic carbocycles. The third kappa shape index (κ3) is 5.34. The third-order valence-electron chi connectivity index (χ3n) is 6.80. The van der Waals surface area contributed by atoms with Gasteiger partial charge in [-0.15, -0.1) is 0 Å². The van der Waals surface area contributed by atoms with Crippen LogP contribution in [0.3, 0.4) is 0 Å². The number of hydrogen-bond donors (Lipinski definition) is 6. The Morgan fingerprint density at radius 1 is 0.838 bits per heavy atom. The molecule has 7 atom stereocenters. The van der Waals surface area contributed by atoms with E-state index >= 15 is 0 Å². The molecule has 2 heterocycles. The SMILES string of the molecule is COc1ccc([C@H]2Oc3c(OC)cc(CCCO)cc3[C@H]2CO)cc1O[C@@H]1O[C@@H](CO)[C@@H](O)[C@@H](O)[C@@H]1O. The molecule has 1 fully saturated rings. The van der Waals surface area contributed by atoms with Crippen molar-refractivity contribution in [3.8, 4) is 23.0 Å². The lowest BCUT2D eigenvalue weighted by atomic mass is 9.90. The molecule has 0 spiro atoms. The van der Waals surface area contributed by atoms with Gasteiger partial charge in [0.15, 0.2) is 23.0 Å². The monoisotopic (exact) mass is 522 g/mol. The lowest BCUT2D eigenvalue weighted by Crippen LogP contribution is -2.60. The Kier molecular flexibility index (Phi) is 8.75. The van der Waals surface area contributed by atoms with Gasteiger partial charge in [-0.25, -0.2) is 0 Å². The minimum atomic E-state index is -1.59. The lowest BCUT2D eigenvalue weighted by molar-refractivity contribution is -0.277. The van der Waals surface area contributed by atoms with Crippen molar-refractivity contribution in [1.29, 1.82) is 0 Å². The van der Waals surface area contributed by atoms with Gasteiger partial charge in [-0.05, 0) is 42.2 Å². The molecule has 2 aliphatic heterocycles. The maximum atomic E-state index is 10.4. The molecule has 4 rings (SSSR count). The van der Waals surface area contributed by atoms with Gasteiger partial charge >= 0.3 is 0 Å². The van der Waals surface area contributed by atoms with Crippen molar-refractivity contribution in [3.63, 3.8) is 0 Å². The van der Waals surface area contributed by atoms with E-state index in [4.69, 9.17) is 23.7 Å².